The number of rotatable bonds is 6. The second kappa shape index (κ2) is 6.94. The molecule has 2 N–H and O–H groups in total. The molecule has 0 aliphatic heterocycles. The van der Waals surface area contributed by atoms with Gasteiger partial charge in [0.15, 0.2) is 0 Å². The molecule has 7 heteroatoms. The Hall–Kier alpha value is -2.28. The highest BCUT2D eigenvalue weighted by molar-refractivity contribution is 7.98. The summed E-state index contributed by atoms with van der Waals surface area (Å²) in [5.74, 6) is 1.11. The Bertz CT molecular complexity index is 667. The SMILES string of the molecule is COc1ccc(CSc2n[nH]c(C)n2)cc1C=CC(=O)O. The van der Waals surface area contributed by atoms with E-state index < -0.39 is 5.97 Å². The van der Waals surface area contributed by atoms with Gasteiger partial charge in [-0.3, -0.25) is 5.10 Å². The lowest BCUT2D eigenvalue weighted by Gasteiger charge is -2.07. The molecule has 110 valence electrons. The van der Waals surface area contributed by atoms with Crippen LogP contribution in [0.15, 0.2) is 29.4 Å². The Morgan fingerprint density at radius 1 is 1.52 bits per heavy atom. The van der Waals surface area contributed by atoms with Gasteiger partial charge in [0.2, 0.25) is 5.16 Å². The minimum Gasteiger partial charge on any atom is -0.496 e. The first-order chi connectivity index (χ1) is 10.1. The number of aliphatic carboxylic acids is 1. The molecule has 0 spiro atoms. The first-order valence-electron chi connectivity index (χ1n) is 6.18. The summed E-state index contributed by atoms with van der Waals surface area (Å²) in [7, 11) is 1.55. The van der Waals surface area contributed by atoms with E-state index in [4.69, 9.17) is 9.84 Å². The molecule has 1 aromatic heterocycles. The van der Waals surface area contributed by atoms with E-state index >= 15 is 0 Å². The van der Waals surface area contributed by atoms with Crippen LogP contribution in [0.5, 0.6) is 5.75 Å². The van der Waals surface area contributed by atoms with Crippen molar-refractivity contribution in [2.24, 2.45) is 0 Å². The molecule has 2 aromatic rings. The molecular weight excluding hydrogens is 290 g/mol. The molecule has 0 fully saturated rings. The van der Waals surface area contributed by atoms with Crippen molar-refractivity contribution in [3.8, 4) is 5.75 Å². The zero-order valence-electron chi connectivity index (χ0n) is 11.7. The molecule has 0 bridgehead atoms. The summed E-state index contributed by atoms with van der Waals surface area (Å²) in [5, 5.41) is 16.2. The Morgan fingerprint density at radius 3 is 2.95 bits per heavy atom. The summed E-state index contributed by atoms with van der Waals surface area (Å²) in [6.07, 6.45) is 2.61. The molecule has 6 nitrogen and oxygen atoms in total. The Morgan fingerprint density at radius 2 is 2.33 bits per heavy atom. The predicted octanol–water partition coefficient (Wildman–Crippen LogP) is 2.51. The molecule has 0 unspecified atom stereocenters. The van der Waals surface area contributed by atoms with Crippen molar-refractivity contribution in [3.63, 3.8) is 0 Å². The molecule has 21 heavy (non-hydrogen) atoms. The maximum Gasteiger partial charge on any atom is 0.328 e. The van der Waals surface area contributed by atoms with Crippen molar-refractivity contribution in [1.29, 1.82) is 0 Å². The zero-order chi connectivity index (χ0) is 15.2. The quantitative estimate of drug-likeness (QED) is 0.630. The van der Waals surface area contributed by atoms with Gasteiger partial charge in [-0.1, -0.05) is 17.8 Å². The maximum absolute atomic E-state index is 10.6. The van der Waals surface area contributed by atoms with E-state index in [0.717, 1.165) is 23.0 Å². The van der Waals surface area contributed by atoms with Crippen molar-refractivity contribution in [1.82, 2.24) is 15.2 Å². The number of thioether (sulfide) groups is 1. The van der Waals surface area contributed by atoms with Crippen LogP contribution in [-0.2, 0) is 10.5 Å². The number of carboxylic acids is 1. The molecule has 0 atom stereocenters. The number of carboxylic acid groups (broad SMARTS) is 1. The lowest BCUT2D eigenvalue weighted by Crippen LogP contribution is -1.91. The first-order valence-corrected chi connectivity index (χ1v) is 7.17. The third-order valence-electron chi connectivity index (χ3n) is 2.64. The monoisotopic (exact) mass is 305 g/mol. The van der Waals surface area contributed by atoms with E-state index in [1.54, 1.807) is 7.11 Å². The minimum atomic E-state index is -0.993. The summed E-state index contributed by atoms with van der Waals surface area (Å²) in [4.78, 5) is 14.8. The number of aromatic amines is 1. The largest absolute Gasteiger partial charge is 0.496 e. The van der Waals surface area contributed by atoms with Gasteiger partial charge < -0.3 is 9.84 Å². The number of hydrogen-bond donors (Lipinski definition) is 2. The highest BCUT2D eigenvalue weighted by atomic mass is 32.2. The molecule has 1 aromatic carbocycles. The maximum atomic E-state index is 10.6. The molecule has 0 saturated carbocycles. The van der Waals surface area contributed by atoms with Gasteiger partial charge in [0.1, 0.15) is 11.6 Å². The van der Waals surface area contributed by atoms with E-state index in [1.165, 1.54) is 17.8 Å². The average molecular weight is 305 g/mol. The molecule has 0 aliphatic carbocycles. The number of nitrogens with one attached hydrogen (secondary N) is 1. The van der Waals surface area contributed by atoms with Gasteiger partial charge in [0, 0.05) is 17.4 Å². The number of aryl methyl sites for hydroxylation is 1. The zero-order valence-corrected chi connectivity index (χ0v) is 12.5. The smallest absolute Gasteiger partial charge is 0.328 e. The number of nitrogens with zero attached hydrogens (tertiary/aromatic N) is 2. The Kier molecular flexibility index (Phi) is 4.99. The topological polar surface area (TPSA) is 88.1 Å². The third kappa shape index (κ3) is 4.35. The van der Waals surface area contributed by atoms with Gasteiger partial charge in [-0.25, -0.2) is 9.78 Å². The van der Waals surface area contributed by atoms with E-state index in [2.05, 4.69) is 15.2 Å². The van der Waals surface area contributed by atoms with E-state index in [9.17, 15) is 4.79 Å². The fourth-order valence-corrected chi connectivity index (χ4v) is 2.49. The Balaban J connectivity index is 2.13. The average Bonchev–Trinajstić information content (AvgIpc) is 2.88. The van der Waals surface area contributed by atoms with Crippen LogP contribution in [0.1, 0.15) is 17.0 Å². The number of carbonyl (C=O) groups is 1. The van der Waals surface area contributed by atoms with Gasteiger partial charge in [-0.2, -0.15) is 0 Å². The van der Waals surface area contributed by atoms with E-state index in [0.29, 0.717) is 16.7 Å². The summed E-state index contributed by atoms with van der Waals surface area (Å²) in [5.41, 5.74) is 1.76. The third-order valence-corrected chi connectivity index (χ3v) is 3.56. The van der Waals surface area contributed by atoms with Crippen LogP contribution in [0.25, 0.3) is 6.08 Å². The lowest BCUT2D eigenvalue weighted by atomic mass is 10.1. The van der Waals surface area contributed by atoms with Gasteiger partial charge in [0.05, 0.1) is 7.11 Å². The van der Waals surface area contributed by atoms with Gasteiger partial charge >= 0.3 is 5.97 Å². The number of methoxy groups -OCH3 is 1. The molecule has 0 aliphatic rings. The van der Waals surface area contributed by atoms with Gasteiger partial charge in [0.25, 0.3) is 0 Å². The van der Waals surface area contributed by atoms with Gasteiger partial charge in [-0.15, -0.1) is 5.10 Å². The van der Waals surface area contributed by atoms with E-state index in [-0.39, 0.29) is 0 Å². The molecule has 1 heterocycles. The second-order valence-electron chi connectivity index (χ2n) is 4.24. The van der Waals surface area contributed by atoms with Crippen molar-refractivity contribution in [3.05, 3.63) is 41.2 Å². The van der Waals surface area contributed by atoms with Crippen LogP contribution in [0.3, 0.4) is 0 Å². The number of aromatic nitrogens is 3. The van der Waals surface area contributed by atoms with Crippen molar-refractivity contribution in [2.75, 3.05) is 7.11 Å². The highest BCUT2D eigenvalue weighted by Crippen LogP contribution is 2.25. The second-order valence-corrected chi connectivity index (χ2v) is 5.18. The van der Waals surface area contributed by atoms with Crippen LogP contribution < -0.4 is 4.74 Å². The fraction of sp³-hybridized carbons (Fsp3) is 0.214. The van der Waals surface area contributed by atoms with Crippen molar-refractivity contribution < 1.29 is 14.6 Å². The lowest BCUT2D eigenvalue weighted by molar-refractivity contribution is -0.131. The van der Waals surface area contributed by atoms with E-state index in [1.807, 2.05) is 25.1 Å². The van der Waals surface area contributed by atoms with Crippen LogP contribution in [0.2, 0.25) is 0 Å². The highest BCUT2D eigenvalue weighted by Gasteiger charge is 2.05. The van der Waals surface area contributed by atoms with Crippen LogP contribution in [-0.4, -0.2) is 33.4 Å². The molecular formula is C14H15N3O3S. The first kappa shape index (κ1) is 15.1. The minimum absolute atomic E-state index is 0.634. The number of H-pyrrole nitrogens is 1. The van der Waals surface area contributed by atoms with Crippen LogP contribution in [0.4, 0.5) is 0 Å². The Labute approximate surface area is 126 Å². The summed E-state index contributed by atoms with van der Waals surface area (Å²) < 4.78 is 5.22. The van der Waals surface area contributed by atoms with Crippen molar-refractivity contribution in [2.45, 2.75) is 17.8 Å². The molecule has 0 saturated heterocycles. The molecule has 0 radical (unpaired) electrons. The summed E-state index contributed by atoms with van der Waals surface area (Å²) >= 11 is 1.51. The number of ether oxygens (including phenoxy) is 1. The standard InChI is InChI=1S/C14H15N3O3S/c1-9-15-14(17-16-9)21-8-10-3-5-12(20-2)11(7-10)4-6-13(18)19/h3-7H,8H2,1-2H3,(H,18,19)(H,15,16,17). The van der Waals surface area contributed by atoms with Crippen molar-refractivity contribution >= 4 is 23.8 Å². The number of hydrogen-bond acceptors (Lipinski definition) is 5. The number of benzene rings is 1. The summed E-state index contributed by atoms with van der Waals surface area (Å²) in [6.45, 7) is 1.85. The predicted molar refractivity (Wildman–Crippen MR) is 80.3 cm³/mol. The molecule has 0 amide bonds. The normalized spacial score (nSPS) is 11.0. The van der Waals surface area contributed by atoms with Crippen LogP contribution >= 0.6 is 11.8 Å². The fourth-order valence-electron chi connectivity index (χ4n) is 1.70. The van der Waals surface area contributed by atoms with Gasteiger partial charge in [-0.05, 0) is 30.7 Å². The summed E-state index contributed by atoms with van der Waals surface area (Å²) in [6, 6.07) is 5.65. The molecule has 2 rings (SSSR count). The van der Waals surface area contributed by atoms with Crippen LogP contribution in [0, 0.1) is 6.92 Å².